The fourth-order valence-electron chi connectivity index (χ4n) is 2.69. The molecule has 1 aliphatic rings. The van der Waals surface area contributed by atoms with Crippen molar-refractivity contribution in [1.82, 2.24) is 4.98 Å². The predicted octanol–water partition coefficient (Wildman–Crippen LogP) is 3.94. The van der Waals surface area contributed by atoms with Crippen molar-refractivity contribution >= 4 is 22.9 Å². The van der Waals surface area contributed by atoms with Gasteiger partial charge in [-0.15, -0.1) is 11.3 Å². The van der Waals surface area contributed by atoms with E-state index in [2.05, 4.69) is 36.3 Å². The van der Waals surface area contributed by atoms with Gasteiger partial charge in [-0.3, -0.25) is 4.79 Å². The number of rotatable bonds is 4. The number of fused-ring (bicyclic) bond motifs is 1. The van der Waals surface area contributed by atoms with Crippen molar-refractivity contribution in [2.24, 2.45) is 0 Å². The minimum absolute atomic E-state index is 0.00792. The second kappa shape index (κ2) is 5.98. The van der Waals surface area contributed by atoms with Crippen molar-refractivity contribution in [3.8, 4) is 0 Å². The van der Waals surface area contributed by atoms with Crippen molar-refractivity contribution in [1.29, 1.82) is 0 Å². The number of amides is 1. The van der Waals surface area contributed by atoms with Crippen LogP contribution in [0.4, 0.5) is 5.69 Å². The Hall–Kier alpha value is -1.68. The Morgan fingerprint density at radius 1 is 1.33 bits per heavy atom. The van der Waals surface area contributed by atoms with Crippen LogP contribution in [0, 0.1) is 0 Å². The summed E-state index contributed by atoms with van der Waals surface area (Å²) < 4.78 is 0. The van der Waals surface area contributed by atoms with Gasteiger partial charge in [-0.25, -0.2) is 4.98 Å². The van der Waals surface area contributed by atoms with Gasteiger partial charge in [0.2, 0.25) is 5.91 Å². The van der Waals surface area contributed by atoms with Crippen LogP contribution in [0.25, 0.3) is 0 Å². The Labute approximate surface area is 129 Å². The zero-order valence-corrected chi connectivity index (χ0v) is 13.3. The molecular formula is C17H20N2OS. The molecule has 0 bridgehead atoms. The Morgan fingerprint density at radius 2 is 2.14 bits per heavy atom. The van der Waals surface area contributed by atoms with Crippen molar-refractivity contribution in [3.05, 3.63) is 45.4 Å². The van der Waals surface area contributed by atoms with Crippen LogP contribution in [0.1, 0.15) is 48.0 Å². The highest BCUT2D eigenvalue weighted by Crippen LogP contribution is 2.25. The molecule has 0 atom stereocenters. The molecule has 3 rings (SSSR count). The van der Waals surface area contributed by atoms with Crippen LogP contribution in [0.3, 0.4) is 0 Å². The lowest BCUT2D eigenvalue weighted by Crippen LogP contribution is -2.14. The molecule has 3 nitrogen and oxygen atoms in total. The molecule has 0 saturated carbocycles. The van der Waals surface area contributed by atoms with Crippen LogP contribution < -0.4 is 5.32 Å². The SMILES string of the molecule is CC(C)c1nc(CC(=O)Nc2ccc3c(c2)CCC3)cs1. The first-order valence-electron chi connectivity index (χ1n) is 7.48. The van der Waals surface area contributed by atoms with Gasteiger partial charge in [-0.2, -0.15) is 0 Å². The second-order valence-electron chi connectivity index (χ2n) is 5.89. The summed E-state index contributed by atoms with van der Waals surface area (Å²) in [6, 6.07) is 6.25. The smallest absolute Gasteiger partial charge is 0.230 e. The average molecular weight is 300 g/mol. The zero-order chi connectivity index (χ0) is 14.8. The fourth-order valence-corrected chi connectivity index (χ4v) is 3.52. The highest BCUT2D eigenvalue weighted by molar-refractivity contribution is 7.09. The van der Waals surface area contributed by atoms with Crippen LogP contribution in [0.15, 0.2) is 23.6 Å². The van der Waals surface area contributed by atoms with E-state index in [0.717, 1.165) is 22.8 Å². The van der Waals surface area contributed by atoms with E-state index in [1.165, 1.54) is 24.0 Å². The lowest BCUT2D eigenvalue weighted by atomic mass is 10.1. The summed E-state index contributed by atoms with van der Waals surface area (Å²) in [5, 5.41) is 6.06. The third kappa shape index (κ3) is 3.32. The predicted molar refractivity (Wildman–Crippen MR) is 87.0 cm³/mol. The summed E-state index contributed by atoms with van der Waals surface area (Å²) in [5.41, 5.74) is 4.57. The molecule has 1 amide bonds. The van der Waals surface area contributed by atoms with Crippen molar-refractivity contribution in [2.45, 2.75) is 45.4 Å². The topological polar surface area (TPSA) is 42.0 Å². The first-order valence-corrected chi connectivity index (χ1v) is 8.36. The molecule has 1 heterocycles. The first kappa shape index (κ1) is 14.3. The molecule has 2 aromatic rings. The van der Waals surface area contributed by atoms with E-state index >= 15 is 0 Å². The number of aryl methyl sites for hydroxylation is 2. The summed E-state index contributed by atoms with van der Waals surface area (Å²) in [5.74, 6) is 0.428. The van der Waals surface area contributed by atoms with Gasteiger partial charge in [0.05, 0.1) is 17.1 Å². The minimum Gasteiger partial charge on any atom is -0.326 e. The third-order valence-electron chi connectivity index (χ3n) is 3.79. The van der Waals surface area contributed by atoms with E-state index in [1.807, 2.05) is 11.4 Å². The average Bonchev–Trinajstić information content (AvgIpc) is 3.06. The number of anilines is 1. The maximum atomic E-state index is 12.1. The van der Waals surface area contributed by atoms with Crippen molar-refractivity contribution in [3.63, 3.8) is 0 Å². The number of hydrogen-bond donors (Lipinski definition) is 1. The zero-order valence-electron chi connectivity index (χ0n) is 12.5. The number of hydrogen-bond acceptors (Lipinski definition) is 3. The highest BCUT2D eigenvalue weighted by atomic mass is 32.1. The number of thiazole rings is 1. The standard InChI is InChI=1S/C17H20N2OS/c1-11(2)17-19-15(10-21-17)9-16(20)18-14-7-6-12-4-3-5-13(12)8-14/h6-8,10-11H,3-5,9H2,1-2H3,(H,18,20). The van der Waals surface area contributed by atoms with E-state index in [0.29, 0.717) is 12.3 Å². The maximum Gasteiger partial charge on any atom is 0.230 e. The van der Waals surface area contributed by atoms with E-state index < -0.39 is 0 Å². The summed E-state index contributed by atoms with van der Waals surface area (Å²) in [6.45, 7) is 4.24. The van der Waals surface area contributed by atoms with Crippen LogP contribution in [-0.4, -0.2) is 10.9 Å². The molecule has 0 aliphatic heterocycles. The third-order valence-corrected chi connectivity index (χ3v) is 4.98. The molecule has 0 radical (unpaired) electrons. The van der Waals surface area contributed by atoms with E-state index in [-0.39, 0.29) is 5.91 Å². The molecule has 0 unspecified atom stereocenters. The Balaban J connectivity index is 1.63. The van der Waals surface area contributed by atoms with Crippen LogP contribution in [-0.2, 0) is 24.1 Å². The summed E-state index contributed by atoms with van der Waals surface area (Å²) in [6.07, 6.45) is 3.87. The quantitative estimate of drug-likeness (QED) is 0.929. The van der Waals surface area contributed by atoms with Gasteiger partial charge in [-0.05, 0) is 42.5 Å². The summed E-state index contributed by atoms with van der Waals surface area (Å²) in [4.78, 5) is 16.6. The number of aromatic nitrogens is 1. The molecule has 1 aliphatic carbocycles. The number of benzene rings is 1. The monoisotopic (exact) mass is 300 g/mol. The van der Waals surface area contributed by atoms with Gasteiger partial charge < -0.3 is 5.32 Å². The lowest BCUT2D eigenvalue weighted by molar-refractivity contribution is -0.115. The number of nitrogens with zero attached hydrogens (tertiary/aromatic N) is 1. The van der Waals surface area contributed by atoms with Gasteiger partial charge in [0.15, 0.2) is 0 Å². The molecule has 0 spiro atoms. The van der Waals surface area contributed by atoms with Crippen molar-refractivity contribution in [2.75, 3.05) is 5.32 Å². The molecule has 0 saturated heterocycles. The Kier molecular flexibility index (Phi) is 4.06. The van der Waals surface area contributed by atoms with Gasteiger partial charge >= 0.3 is 0 Å². The highest BCUT2D eigenvalue weighted by Gasteiger charge is 2.13. The lowest BCUT2D eigenvalue weighted by Gasteiger charge is -2.06. The summed E-state index contributed by atoms with van der Waals surface area (Å²) >= 11 is 1.63. The number of carbonyl (C=O) groups is 1. The van der Waals surface area contributed by atoms with E-state index in [4.69, 9.17) is 0 Å². The van der Waals surface area contributed by atoms with Gasteiger partial charge in [0.25, 0.3) is 0 Å². The van der Waals surface area contributed by atoms with Crippen LogP contribution in [0.2, 0.25) is 0 Å². The maximum absolute atomic E-state index is 12.1. The number of nitrogens with one attached hydrogen (secondary N) is 1. The minimum atomic E-state index is 0.00792. The van der Waals surface area contributed by atoms with Crippen LogP contribution >= 0.6 is 11.3 Å². The molecule has 4 heteroatoms. The number of carbonyl (C=O) groups excluding carboxylic acids is 1. The van der Waals surface area contributed by atoms with Gasteiger partial charge in [0, 0.05) is 17.0 Å². The van der Waals surface area contributed by atoms with Crippen molar-refractivity contribution < 1.29 is 4.79 Å². The fraction of sp³-hybridized carbons (Fsp3) is 0.412. The molecular weight excluding hydrogens is 280 g/mol. The van der Waals surface area contributed by atoms with E-state index in [9.17, 15) is 4.79 Å². The second-order valence-corrected chi connectivity index (χ2v) is 6.78. The molecule has 21 heavy (non-hydrogen) atoms. The Bertz CT molecular complexity index is 661. The normalized spacial score (nSPS) is 13.5. The molecule has 1 aromatic carbocycles. The van der Waals surface area contributed by atoms with Crippen LogP contribution in [0.5, 0.6) is 0 Å². The molecule has 110 valence electrons. The van der Waals surface area contributed by atoms with Gasteiger partial charge in [-0.1, -0.05) is 19.9 Å². The summed E-state index contributed by atoms with van der Waals surface area (Å²) in [7, 11) is 0. The van der Waals surface area contributed by atoms with Gasteiger partial charge in [0.1, 0.15) is 0 Å². The first-order chi connectivity index (χ1) is 10.1. The molecule has 1 aromatic heterocycles. The largest absolute Gasteiger partial charge is 0.326 e. The molecule has 1 N–H and O–H groups in total. The van der Waals surface area contributed by atoms with E-state index in [1.54, 1.807) is 11.3 Å². The molecule has 0 fully saturated rings. The Morgan fingerprint density at radius 3 is 2.90 bits per heavy atom.